The molecule has 0 bridgehead atoms. The third-order valence-corrected chi connectivity index (χ3v) is 2.77. The molecule has 0 saturated heterocycles. The van der Waals surface area contributed by atoms with E-state index in [0.29, 0.717) is 5.71 Å². The van der Waals surface area contributed by atoms with E-state index in [2.05, 4.69) is 5.10 Å². The van der Waals surface area contributed by atoms with Crippen LogP contribution in [0.15, 0.2) is 47.6 Å². The molecule has 0 heterocycles. The molecule has 114 valence electrons. The van der Waals surface area contributed by atoms with Gasteiger partial charge in [-0.3, -0.25) is 5.43 Å². The van der Waals surface area contributed by atoms with Gasteiger partial charge in [0, 0.05) is 6.07 Å². The van der Waals surface area contributed by atoms with E-state index in [-0.39, 0.29) is 6.07 Å². The molecule has 6 heteroatoms. The second-order valence-electron chi connectivity index (χ2n) is 4.45. The average Bonchev–Trinajstić information content (AvgIpc) is 2.52. The van der Waals surface area contributed by atoms with Crippen molar-refractivity contribution in [1.82, 2.24) is 0 Å². The number of halogens is 4. The van der Waals surface area contributed by atoms with Crippen molar-refractivity contribution in [1.29, 1.82) is 0 Å². The molecule has 22 heavy (non-hydrogen) atoms. The third kappa shape index (κ3) is 3.72. The molecule has 0 aliphatic rings. The zero-order chi connectivity index (χ0) is 16.1. The molecule has 0 aromatic heterocycles. The monoisotopic (exact) mass is 308 g/mol. The Kier molecular flexibility index (Phi) is 4.93. The summed E-state index contributed by atoms with van der Waals surface area (Å²) in [4.78, 5) is 0. The lowest BCUT2D eigenvalue weighted by Gasteiger charge is -2.06. The van der Waals surface area contributed by atoms with Gasteiger partial charge in [0.05, 0.1) is 5.71 Å². The molecule has 0 spiro atoms. The van der Waals surface area contributed by atoms with Crippen molar-refractivity contribution in [2.24, 2.45) is 5.10 Å². The van der Waals surface area contributed by atoms with Crippen molar-refractivity contribution >= 4 is 17.5 Å². The molecular formula is C16H12F4N2. The fourth-order valence-corrected chi connectivity index (χ4v) is 1.63. The molecule has 0 unspecified atom stereocenters. The molecule has 2 rings (SSSR count). The van der Waals surface area contributed by atoms with Crippen LogP contribution in [0.25, 0.3) is 6.08 Å². The van der Waals surface area contributed by atoms with Gasteiger partial charge in [0.15, 0.2) is 23.3 Å². The first kappa shape index (κ1) is 15.8. The van der Waals surface area contributed by atoms with Crippen LogP contribution in [-0.2, 0) is 0 Å². The minimum atomic E-state index is -1.53. The Morgan fingerprint density at radius 2 is 1.59 bits per heavy atom. The van der Waals surface area contributed by atoms with Crippen molar-refractivity contribution in [3.63, 3.8) is 0 Å². The van der Waals surface area contributed by atoms with Crippen molar-refractivity contribution in [2.45, 2.75) is 6.92 Å². The van der Waals surface area contributed by atoms with Crippen molar-refractivity contribution < 1.29 is 17.6 Å². The second kappa shape index (κ2) is 6.89. The van der Waals surface area contributed by atoms with Crippen LogP contribution in [0.3, 0.4) is 0 Å². The van der Waals surface area contributed by atoms with Crippen LogP contribution in [0.2, 0.25) is 0 Å². The van der Waals surface area contributed by atoms with Crippen LogP contribution < -0.4 is 5.43 Å². The molecule has 0 amide bonds. The number of nitrogens with one attached hydrogen (secondary N) is 1. The minimum Gasteiger partial charge on any atom is -0.272 e. The lowest BCUT2D eigenvalue weighted by Crippen LogP contribution is -2.04. The Bertz CT molecular complexity index is 698. The predicted molar refractivity (Wildman–Crippen MR) is 78.5 cm³/mol. The smallest absolute Gasteiger partial charge is 0.186 e. The highest BCUT2D eigenvalue weighted by Crippen LogP contribution is 2.24. The number of nitrogens with zero attached hydrogens (tertiary/aromatic N) is 1. The summed E-state index contributed by atoms with van der Waals surface area (Å²) in [6.07, 6.45) is 3.33. The SMILES string of the molecule is CC(/C=C/c1ccccc1)=N/Nc1c(F)c(F)cc(F)c1F. The van der Waals surface area contributed by atoms with Crippen LogP contribution in [0.1, 0.15) is 12.5 Å². The van der Waals surface area contributed by atoms with Crippen molar-refractivity contribution in [2.75, 3.05) is 5.43 Å². The van der Waals surface area contributed by atoms with Gasteiger partial charge in [-0.15, -0.1) is 0 Å². The summed E-state index contributed by atoms with van der Waals surface area (Å²) >= 11 is 0. The van der Waals surface area contributed by atoms with E-state index in [1.807, 2.05) is 35.8 Å². The molecule has 0 radical (unpaired) electrons. The summed E-state index contributed by atoms with van der Waals surface area (Å²) in [5, 5.41) is 3.68. The molecule has 2 aromatic carbocycles. The number of hydrogen-bond donors (Lipinski definition) is 1. The summed E-state index contributed by atoms with van der Waals surface area (Å²) < 4.78 is 52.9. The van der Waals surface area contributed by atoms with Gasteiger partial charge in [-0.2, -0.15) is 5.10 Å². The lowest BCUT2D eigenvalue weighted by atomic mass is 10.2. The van der Waals surface area contributed by atoms with Gasteiger partial charge in [0.2, 0.25) is 0 Å². The number of rotatable bonds is 4. The topological polar surface area (TPSA) is 24.4 Å². The first-order chi connectivity index (χ1) is 10.5. The van der Waals surface area contributed by atoms with E-state index in [1.54, 1.807) is 19.1 Å². The molecule has 2 aromatic rings. The maximum absolute atomic E-state index is 13.4. The summed E-state index contributed by atoms with van der Waals surface area (Å²) in [7, 11) is 0. The minimum absolute atomic E-state index is 0.141. The normalized spacial score (nSPS) is 12.0. The molecule has 0 saturated carbocycles. The van der Waals surface area contributed by atoms with Crippen LogP contribution in [0, 0.1) is 23.3 Å². The zero-order valence-electron chi connectivity index (χ0n) is 11.6. The largest absolute Gasteiger partial charge is 0.272 e. The fraction of sp³-hybridized carbons (Fsp3) is 0.0625. The zero-order valence-corrected chi connectivity index (χ0v) is 11.6. The maximum atomic E-state index is 13.4. The van der Waals surface area contributed by atoms with Gasteiger partial charge in [-0.1, -0.05) is 36.4 Å². The van der Waals surface area contributed by atoms with E-state index in [1.165, 1.54) is 0 Å². The maximum Gasteiger partial charge on any atom is 0.186 e. The van der Waals surface area contributed by atoms with Crippen molar-refractivity contribution in [3.8, 4) is 0 Å². The molecule has 1 N–H and O–H groups in total. The quantitative estimate of drug-likeness (QED) is 0.375. The summed E-state index contributed by atoms with van der Waals surface area (Å²) in [6.45, 7) is 1.57. The summed E-state index contributed by atoms with van der Waals surface area (Å²) in [5.74, 6) is -6.03. The third-order valence-electron chi connectivity index (χ3n) is 2.77. The van der Waals surface area contributed by atoms with Crippen LogP contribution >= 0.6 is 0 Å². The molecule has 2 nitrogen and oxygen atoms in total. The van der Waals surface area contributed by atoms with Gasteiger partial charge in [-0.25, -0.2) is 17.6 Å². The second-order valence-corrected chi connectivity index (χ2v) is 4.45. The molecule has 0 fully saturated rings. The molecule has 0 aliphatic carbocycles. The highest BCUT2D eigenvalue weighted by Gasteiger charge is 2.18. The van der Waals surface area contributed by atoms with E-state index in [0.717, 1.165) is 5.56 Å². The lowest BCUT2D eigenvalue weighted by molar-refractivity contribution is 0.458. The van der Waals surface area contributed by atoms with Gasteiger partial charge < -0.3 is 0 Å². The summed E-state index contributed by atoms with van der Waals surface area (Å²) in [5.41, 5.74) is 2.31. The van der Waals surface area contributed by atoms with Gasteiger partial charge in [0.25, 0.3) is 0 Å². The highest BCUT2D eigenvalue weighted by molar-refractivity contribution is 5.96. The Morgan fingerprint density at radius 3 is 2.18 bits per heavy atom. The Labute approximate surface area is 124 Å². The Hall–Kier alpha value is -2.63. The molecular weight excluding hydrogens is 296 g/mol. The molecule has 0 aliphatic heterocycles. The standard InChI is InChI=1S/C16H12F4N2/c1-10(7-8-11-5-3-2-4-6-11)21-22-16-14(19)12(17)9-13(18)15(16)20/h2-9,22H,1H3/b8-7+,21-10-. The predicted octanol–water partition coefficient (Wildman–Crippen LogP) is 4.74. The highest BCUT2D eigenvalue weighted by atomic mass is 19.2. The first-order valence-electron chi connectivity index (χ1n) is 6.35. The number of hydrazone groups is 1. The first-order valence-corrected chi connectivity index (χ1v) is 6.35. The number of anilines is 1. The number of allylic oxidation sites excluding steroid dienone is 1. The Morgan fingerprint density at radius 1 is 1.00 bits per heavy atom. The van der Waals surface area contributed by atoms with Crippen LogP contribution in [-0.4, -0.2) is 5.71 Å². The van der Waals surface area contributed by atoms with E-state index in [9.17, 15) is 17.6 Å². The summed E-state index contributed by atoms with van der Waals surface area (Å²) in [6, 6.07) is 9.43. The van der Waals surface area contributed by atoms with E-state index >= 15 is 0 Å². The van der Waals surface area contributed by atoms with Gasteiger partial charge >= 0.3 is 0 Å². The van der Waals surface area contributed by atoms with Crippen molar-refractivity contribution in [3.05, 3.63) is 71.3 Å². The van der Waals surface area contributed by atoms with Gasteiger partial charge in [-0.05, 0) is 18.6 Å². The van der Waals surface area contributed by atoms with E-state index < -0.39 is 29.0 Å². The fourth-order valence-electron chi connectivity index (χ4n) is 1.63. The van der Waals surface area contributed by atoms with Crippen LogP contribution in [0.5, 0.6) is 0 Å². The Balaban J connectivity index is 2.17. The molecule has 0 atom stereocenters. The van der Waals surface area contributed by atoms with Gasteiger partial charge in [0.1, 0.15) is 5.69 Å². The number of benzene rings is 2. The van der Waals surface area contributed by atoms with E-state index in [4.69, 9.17) is 0 Å². The average molecular weight is 308 g/mol. The number of hydrogen-bond acceptors (Lipinski definition) is 2. The van der Waals surface area contributed by atoms with Crippen LogP contribution in [0.4, 0.5) is 23.2 Å².